The van der Waals surface area contributed by atoms with E-state index >= 15 is 0 Å². The maximum absolute atomic E-state index is 11.7. The van der Waals surface area contributed by atoms with Crippen LogP contribution in [0.25, 0.3) is 6.08 Å². The molecule has 1 N–H and O–H groups in total. The normalized spacial score (nSPS) is 13.5. The number of hydrogen-bond acceptors (Lipinski definition) is 3. The predicted octanol–water partition coefficient (Wildman–Crippen LogP) is 2.86. The van der Waals surface area contributed by atoms with E-state index in [1.165, 1.54) is 17.3 Å². The van der Waals surface area contributed by atoms with Crippen LogP contribution >= 0.6 is 0 Å². The molecule has 0 spiro atoms. The van der Waals surface area contributed by atoms with Gasteiger partial charge in [-0.2, -0.15) is 0 Å². The van der Waals surface area contributed by atoms with Gasteiger partial charge in [-0.25, -0.2) is 0 Å². The maximum Gasteiger partial charge on any atom is 0.244 e. The molecule has 0 atom stereocenters. The van der Waals surface area contributed by atoms with Gasteiger partial charge >= 0.3 is 0 Å². The van der Waals surface area contributed by atoms with E-state index in [-0.39, 0.29) is 5.91 Å². The zero-order valence-corrected chi connectivity index (χ0v) is 12.5. The van der Waals surface area contributed by atoms with Crippen LogP contribution in [0.5, 0.6) is 0 Å². The first kappa shape index (κ1) is 14.4. The van der Waals surface area contributed by atoms with E-state index in [0.717, 1.165) is 25.9 Å². The molecule has 0 bridgehead atoms. The highest BCUT2D eigenvalue weighted by Gasteiger charge is 2.17. The van der Waals surface area contributed by atoms with E-state index in [1.807, 2.05) is 6.07 Å². The summed E-state index contributed by atoms with van der Waals surface area (Å²) in [6.45, 7) is 2.73. The number of nitrogens with zero attached hydrogens (tertiary/aromatic N) is 1. The molecule has 0 saturated carbocycles. The summed E-state index contributed by atoms with van der Waals surface area (Å²) in [5.41, 5.74) is 2.76. The Hall–Kier alpha value is -2.49. The Morgan fingerprint density at radius 1 is 1.27 bits per heavy atom. The van der Waals surface area contributed by atoms with Crippen LogP contribution in [0.2, 0.25) is 0 Å². The molecular weight excluding hydrogens is 276 g/mol. The average molecular weight is 296 g/mol. The van der Waals surface area contributed by atoms with Crippen molar-refractivity contribution in [3.05, 3.63) is 60.1 Å². The minimum absolute atomic E-state index is 0.0850. The lowest BCUT2D eigenvalue weighted by Gasteiger charge is -2.19. The number of nitrogens with one attached hydrogen (secondary N) is 1. The highest BCUT2D eigenvalue weighted by atomic mass is 16.3. The third kappa shape index (κ3) is 3.58. The second kappa shape index (κ2) is 6.98. The van der Waals surface area contributed by atoms with Crippen molar-refractivity contribution in [1.82, 2.24) is 5.32 Å². The predicted molar refractivity (Wildman–Crippen MR) is 87.7 cm³/mol. The van der Waals surface area contributed by atoms with Crippen molar-refractivity contribution in [1.29, 1.82) is 0 Å². The monoisotopic (exact) mass is 296 g/mol. The standard InChI is InChI=1S/C18H20N2O2/c21-18(9-8-16-6-3-14-22-16)19-11-4-12-20-13-10-15-5-1-2-7-17(15)20/h1-3,5-9,14H,4,10-13H2,(H,19,21)/b9-8+. The summed E-state index contributed by atoms with van der Waals surface area (Å²) in [5, 5.41) is 2.90. The molecule has 2 aromatic rings. The van der Waals surface area contributed by atoms with Gasteiger partial charge in [-0.15, -0.1) is 0 Å². The van der Waals surface area contributed by atoms with Crippen molar-refractivity contribution in [2.75, 3.05) is 24.5 Å². The second-order valence-electron chi connectivity index (χ2n) is 5.36. The number of fused-ring (bicyclic) bond motifs is 1. The molecular formula is C18H20N2O2. The molecule has 0 unspecified atom stereocenters. The largest absolute Gasteiger partial charge is 0.465 e. The van der Waals surface area contributed by atoms with E-state index in [0.29, 0.717) is 12.3 Å². The fourth-order valence-corrected chi connectivity index (χ4v) is 2.72. The molecule has 0 fully saturated rings. The van der Waals surface area contributed by atoms with Gasteiger partial charge in [-0.05, 0) is 42.7 Å². The summed E-state index contributed by atoms with van der Waals surface area (Å²) in [5.74, 6) is 0.599. The van der Waals surface area contributed by atoms with Crippen molar-refractivity contribution in [3.63, 3.8) is 0 Å². The summed E-state index contributed by atoms with van der Waals surface area (Å²) in [7, 11) is 0. The number of benzene rings is 1. The van der Waals surface area contributed by atoms with Crippen molar-refractivity contribution in [2.24, 2.45) is 0 Å². The van der Waals surface area contributed by atoms with Gasteiger partial charge in [0.05, 0.1) is 6.26 Å². The Bertz CT molecular complexity index is 647. The lowest BCUT2D eigenvalue weighted by Crippen LogP contribution is -2.28. The molecule has 3 rings (SSSR count). The van der Waals surface area contributed by atoms with Gasteiger partial charge in [-0.3, -0.25) is 4.79 Å². The van der Waals surface area contributed by atoms with Gasteiger partial charge in [0.2, 0.25) is 5.91 Å². The summed E-state index contributed by atoms with van der Waals surface area (Å²) < 4.78 is 5.14. The first-order valence-corrected chi connectivity index (χ1v) is 7.65. The quantitative estimate of drug-likeness (QED) is 0.658. The Kier molecular flexibility index (Phi) is 4.59. The number of furan rings is 1. The lowest BCUT2D eigenvalue weighted by atomic mass is 10.2. The Balaban J connectivity index is 1.38. The highest BCUT2D eigenvalue weighted by Crippen LogP contribution is 2.27. The Morgan fingerprint density at radius 3 is 3.05 bits per heavy atom. The molecule has 2 heterocycles. The molecule has 1 aromatic carbocycles. The number of amides is 1. The summed E-state index contributed by atoms with van der Waals surface area (Å²) in [6.07, 6.45) is 6.82. The van der Waals surface area contributed by atoms with Gasteiger partial charge in [-0.1, -0.05) is 18.2 Å². The number of hydrogen-bond donors (Lipinski definition) is 1. The van der Waals surface area contributed by atoms with Crippen LogP contribution in [-0.4, -0.2) is 25.5 Å². The van der Waals surface area contributed by atoms with E-state index in [4.69, 9.17) is 4.42 Å². The Morgan fingerprint density at radius 2 is 2.18 bits per heavy atom. The van der Waals surface area contributed by atoms with Crippen LogP contribution < -0.4 is 10.2 Å². The van der Waals surface area contributed by atoms with Crippen LogP contribution in [0, 0.1) is 0 Å². The minimum Gasteiger partial charge on any atom is -0.465 e. The molecule has 1 amide bonds. The van der Waals surface area contributed by atoms with E-state index in [2.05, 4.69) is 34.5 Å². The third-order valence-electron chi connectivity index (χ3n) is 3.83. The average Bonchev–Trinajstić information content (AvgIpc) is 3.19. The first-order valence-electron chi connectivity index (χ1n) is 7.65. The zero-order chi connectivity index (χ0) is 15.2. The lowest BCUT2D eigenvalue weighted by molar-refractivity contribution is -0.116. The van der Waals surface area contributed by atoms with Gasteiger partial charge in [0.25, 0.3) is 0 Å². The first-order chi connectivity index (χ1) is 10.8. The van der Waals surface area contributed by atoms with Gasteiger partial charge < -0.3 is 14.6 Å². The SMILES string of the molecule is O=C(/C=C/c1ccco1)NCCCN1CCc2ccccc21. The topological polar surface area (TPSA) is 45.5 Å². The van der Waals surface area contributed by atoms with Gasteiger partial charge in [0.15, 0.2) is 0 Å². The number of rotatable bonds is 6. The van der Waals surface area contributed by atoms with Crippen molar-refractivity contribution < 1.29 is 9.21 Å². The molecule has 4 nitrogen and oxygen atoms in total. The second-order valence-corrected chi connectivity index (χ2v) is 5.36. The number of carbonyl (C=O) groups is 1. The van der Waals surface area contributed by atoms with E-state index in [9.17, 15) is 4.79 Å². The molecule has 4 heteroatoms. The van der Waals surface area contributed by atoms with Crippen LogP contribution in [0.1, 0.15) is 17.7 Å². The van der Waals surface area contributed by atoms with Crippen molar-refractivity contribution in [2.45, 2.75) is 12.8 Å². The van der Waals surface area contributed by atoms with Crippen LogP contribution in [0.4, 0.5) is 5.69 Å². The maximum atomic E-state index is 11.7. The van der Waals surface area contributed by atoms with E-state index in [1.54, 1.807) is 18.4 Å². The van der Waals surface area contributed by atoms with Crippen molar-refractivity contribution in [3.8, 4) is 0 Å². The Labute approximate surface area is 130 Å². The smallest absolute Gasteiger partial charge is 0.244 e. The minimum atomic E-state index is -0.0850. The van der Waals surface area contributed by atoms with Crippen LogP contribution in [0.3, 0.4) is 0 Å². The van der Waals surface area contributed by atoms with Crippen LogP contribution in [0.15, 0.2) is 53.2 Å². The van der Waals surface area contributed by atoms with Gasteiger partial charge in [0, 0.05) is 31.4 Å². The number of carbonyl (C=O) groups excluding carboxylic acids is 1. The van der Waals surface area contributed by atoms with Crippen molar-refractivity contribution >= 4 is 17.7 Å². The summed E-state index contributed by atoms with van der Waals surface area (Å²) >= 11 is 0. The zero-order valence-electron chi connectivity index (χ0n) is 12.5. The molecule has 1 aliphatic rings. The molecule has 0 saturated heterocycles. The molecule has 22 heavy (non-hydrogen) atoms. The number of anilines is 1. The number of para-hydroxylation sites is 1. The molecule has 0 aliphatic carbocycles. The fraction of sp³-hybridized carbons (Fsp3) is 0.278. The molecule has 0 radical (unpaired) electrons. The summed E-state index contributed by atoms with van der Waals surface area (Å²) in [6, 6.07) is 12.1. The molecule has 1 aliphatic heterocycles. The van der Waals surface area contributed by atoms with Gasteiger partial charge in [0.1, 0.15) is 5.76 Å². The molecule has 114 valence electrons. The fourth-order valence-electron chi connectivity index (χ4n) is 2.72. The molecule has 1 aromatic heterocycles. The van der Waals surface area contributed by atoms with E-state index < -0.39 is 0 Å². The highest BCUT2D eigenvalue weighted by molar-refractivity contribution is 5.91. The third-order valence-corrected chi connectivity index (χ3v) is 3.83. The van der Waals surface area contributed by atoms with Crippen LogP contribution in [-0.2, 0) is 11.2 Å². The summed E-state index contributed by atoms with van der Waals surface area (Å²) in [4.78, 5) is 14.1.